The molecule has 4 aliphatic carbocycles. The highest BCUT2D eigenvalue weighted by Gasteiger charge is 2.60. The van der Waals surface area contributed by atoms with Crippen LogP contribution in [-0.2, 0) is 16.1 Å². The normalized spacial score (nSPS) is 32.8. The third-order valence-corrected chi connectivity index (χ3v) is 10.5. The summed E-state index contributed by atoms with van der Waals surface area (Å²) in [7, 11) is 1.66. The summed E-state index contributed by atoms with van der Waals surface area (Å²) in [5.41, 5.74) is 3.14. The van der Waals surface area contributed by atoms with E-state index in [0.29, 0.717) is 48.1 Å². The Morgan fingerprint density at radius 1 is 1.08 bits per heavy atom. The van der Waals surface area contributed by atoms with Crippen LogP contribution in [0, 0.1) is 28.6 Å². The van der Waals surface area contributed by atoms with Gasteiger partial charge in [-0.2, -0.15) is 0 Å². The molecule has 0 bridgehead atoms. The zero-order valence-corrected chi connectivity index (χ0v) is 23.4. The van der Waals surface area contributed by atoms with Crippen molar-refractivity contribution in [2.24, 2.45) is 28.6 Å². The zero-order valence-electron chi connectivity index (χ0n) is 23.4. The second-order valence-corrected chi connectivity index (χ2v) is 12.5. The van der Waals surface area contributed by atoms with Gasteiger partial charge in [-0.15, -0.1) is 0 Å². The van der Waals surface area contributed by atoms with E-state index in [4.69, 9.17) is 9.47 Å². The third kappa shape index (κ3) is 4.56. The van der Waals surface area contributed by atoms with Crippen LogP contribution in [0.3, 0.4) is 0 Å². The first-order valence-electron chi connectivity index (χ1n) is 14.6. The van der Waals surface area contributed by atoms with Crippen molar-refractivity contribution < 1.29 is 19.1 Å². The highest BCUT2D eigenvalue weighted by Crippen LogP contribution is 2.65. The second kappa shape index (κ2) is 10.1. The van der Waals surface area contributed by atoms with Gasteiger partial charge in [0.1, 0.15) is 0 Å². The summed E-state index contributed by atoms with van der Waals surface area (Å²) in [6.45, 7) is 6.05. The molecule has 0 N–H and O–H groups in total. The molecule has 39 heavy (non-hydrogen) atoms. The Morgan fingerprint density at radius 3 is 2.74 bits per heavy atom. The molecule has 6 rings (SSSR count). The molecule has 0 saturated heterocycles. The number of ketones is 2. The van der Waals surface area contributed by atoms with Gasteiger partial charge in [-0.25, -0.2) is 4.98 Å². The Kier molecular flexibility index (Phi) is 6.76. The second-order valence-electron chi connectivity index (χ2n) is 12.5. The van der Waals surface area contributed by atoms with Crippen LogP contribution in [0.15, 0.2) is 54.1 Å². The zero-order chi connectivity index (χ0) is 27.2. The van der Waals surface area contributed by atoms with E-state index in [1.165, 1.54) is 5.57 Å². The minimum atomic E-state index is -0.280. The fraction of sp³-hybridized carbons (Fsp3) is 0.545. The molecule has 0 radical (unpaired) electrons. The monoisotopic (exact) mass is 528 g/mol. The number of rotatable bonds is 7. The van der Waals surface area contributed by atoms with E-state index in [1.54, 1.807) is 13.3 Å². The van der Waals surface area contributed by atoms with Gasteiger partial charge in [0.2, 0.25) is 0 Å². The van der Waals surface area contributed by atoms with Crippen LogP contribution in [0.25, 0.3) is 6.08 Å². The van der Waals surface area contributed by atoms with Crippen molar-refractivity contribution in [1.82, 2.24) is 9.55 Å². The number of ether oxygens (including phenoxy) is 2. The number of allylic oxidation sites excluding steroid dienone is 2. The first kappa shape index (κ1) is 26.1. The van der Waals surface area contributed by atoms with Crippen molar-refractivity contribution >= 4 is 17.6 Å². The van der Waals surface area contributed by atoms with E-state index in [9.17, 15) is 9.59 Å². The molecule has 2 aromatic rings. The fourth-order valence-electron chi connectivity index (χ4n) is 8.30. The summed E-state index contributed by atoms with van der Waals surface area (Å²) >= 11 is 0. The van der Waals surface area contributed by atoms with E-state index >= 15 is 0 Å². The molecule has 1 aromatic carbocycles. The SMILES string of the molecule is COc1cc(/C=C2\C[C@H]3[C@@H]4CCC5=CC(=O)CC[C@]5(C)[C@H]4CC[C@]3(C)C2=O)ccc1OCCCn1ccnc1. The number of fused-ring (bicyclic) bond motifs is 5. The number of aryl methyl sites for hydroxylation is 1. The summed E-state index contributed by atoms with van der Waals surface area (Å²) in [5, 5.41) is 0. The molecule has 4 aliphatic rings. The quantitative estimate of drug-likeness (QED) is 0.305. The Balaban J connectivity index is 1.18. The topological polar surface area (TPSA) is 70.4 Å². The molecule has 0 amide bonds. The largest absolute Gasteiger partial charge is 0.493 e. The summed E-state index contributed by atoms with van der Waals surface area (Å²) in [6, 6.07) is 5.96. The van der Waals surface area contributed by atoms with Crippen molar-refractivity contribution in [3.8, 4) is 11.5 Å². The lowest BCUT2D eigenvalue weighted by atomic mass is 9.47. The number of imidazole rings is 1. The molecule has 0 aliphatic heterocycles. The Bertz CT molecular complexity index is 1330. The Hall–Kier alpha value is -3.15. The van der Waals surface area contributed by atoms with Crippen LogP contribution < -0.4 is 9.47 Å². The van der Waals surface area contributed by atoms with Gasteiger partial charge in [0.25, 0.3) is 0 Å². The van der Waals surface area contributed by atoms with E-state index in [2.05, 4.69) is 24.9 Å². The maximum Gasteiger partial charge on any atom is 0.165 e. The highest BCUT2D eigenvalue weighted by molar-refractivity contribution is 6.06. The molecule has 6 nitrogen and oxygen atoms in total. The van der Waals surface area contributed by atoms with Gasteiger partial charge >= 0.3 is 0 Å². The number of hydrogen-bond donors (Lipinski definition) is 0. The van der Waals surface area contributed by atoms with Crippen LogP contribution in [-0.4, -0.2) is 34.8 Å². The minimum absolute atomic E-state index is 0.121. The summed E-state index contributed by atoms with van der Waals surface area (Å²) in [6.07, 6.45) is 17.1. The molecule has 5 atom stereocenters. The first-order chi connectivity index (χ1) is 18.8. The Labute approximate surface area is 231 Å². The lowest BCUT2D eigenvalue weighted by Gasteiger charge is -2.56. The van der Waals surface area contributed by atoms with Crippen molar-refractivity contribution in [2.75, 3.05) is 13.7 Å². The maximum atomic E-state index is 13.9. The van der Waals surface area contributed by atoms with Crippen LogP contribution in [0.5, 0.6) is 11.5 Å². The van der Waals surface area contributed by atoms with Gasteiger partial charge in [-0.05, 0) is 104 Å². The first-order valence-corrected chi connectivity index (χ1v) is 14.6. The molecule has 1 heterocycles. The van der Waals surface area contributed by atoms with Crippen LogP contribution in [0.2, 0.25) is 0 Å². The number of aromatic nitrogens is 2. The molecular weight excluding hydrogens is 488 g/mol. The number of benzene rings is 1. The number of carbonyl (C=O) groups is 2. The van der Waals surface area contributed by atoms with E-state index in [-0.39, 0.29) is 10.8 Å². The predicted molar refractivity (Wildman–Crippen MR) is 150 cm³/mol. The number of Topliss-reactive ketones (excluding diaryl/α,β-unsaturated/α-hetero) is 1. The predicted octanol–water partition coefficient (Wildman–Crippen LogP) is 6.46. The van der Waals surface area contributed by atoms with Gasteiger partial charge in [0.05, 0.1) is 20.0 Å². The van der Waals surface area contributed by atoms with Crippen molar-refractivity contribution in [3.63, 3.8) is 0 Å². The van der Waals surface area contributed by atoms with E-state index in [1.807, 2.05) is 41.4 Å². The molecule has 0 unspecified atom stereocenters. The minimum Gasteiger partial charge on any atom is -0.493 e. The molecule has 3 fully saturated rings. The summed E-state index contributed by atoms with van der Waals surface area (Å²) in [5.74, 6) is 3.53. The summed E-state index contributed by atoms with van der Waals surface area (Å²) in [4.78, 5) is 30.1. The van der Waals surface area contributed by atoms with Crippen LogP contribution >= 0.6 is 0 Å². The van der Waals surface area contributed by atoms with E-state index in [0.717, 1.165) is 68.4 Å². The Morgan fingerprint density at radius 2 is 1.95 bits per heavy atom. The number of carbonyl (C=O) groups excluding carboxylic acids is 2. The van der Waals surface area contributed by atoms with Crippen LogP contribution in [0.1, 0.15) is 70.8 Å². The van der Waals surface area contributed by atoms with E-state index < -0.39 is 0 Å². The maximum absolute atomic E-state index is 13.9. The van der Waals surface area contributed by atoms with Gasteiger partial charge in [-0.3, -0.25) is 9.59 Å². The molecule has 0 spiro atoms. The molecule has 6 heteroatoms. The van der Waals surface area contributed by atoms with Crippen molar-refractivity contribution in [3.05, 3.63) is 59.7 Å². The fourth-order valence-corrected chi connectivity index (χ4v) is 8.30. The molecule has 3 saturated carbocycles. The van der Waals surface area contributed by atoms with Crippen molar-refractivity contribution in [1.29, 1.82) is 0 Å². The lowest BCUT2D eigenvalue weighted by molar-refractivity contribution is -0.130. The smallest absolute Gasteiger partial charge is 0.165 e. The van der Waals surface area contributed by atoms with Gasteiger partial charge in [-0.1, -0.05) is 25.5 Å². The number of hydrogen-bond acceptors (Lipinski definition) is 5. The molecule has 1 aromatic heterocycles. The lowest BCUT2D eigenvalue weighted by Crippen LogP contribution is -2.50. The van der Waals surface area contributed by atoms with Gasteiger partial charge in [0, 0.05) is 30.8 Å². The molecular formula is C33H40N2O4. The standard InChI is InChI=1S/C33H40N2O4/c1-32-11-9-25(36)20-24(32)6-7-26-27(32)10-12-33(2)28(26)19-23(31(33)37)17-22-5-8-29(30(18-22)38-3)39-16-4-14-35-15-13-34-21-35/h5,8,13,15,17-18,20-21,26-28H,4,6-7,9-12,14,16,19H2,1-3H3/b23-17+/t26-,27+,28+,32+,33+/m1/s1. The molecule has 206 valence electrons. The number of methoxy groups -OCH3 is 1. The number of nitrogens with zero attached hydrogens (tertiary/aromatic N) is 2. The highest BCUT2D eigenvalue weighted by atomic mass is 16.5. The average Bonchev–Trinajstić information content (AvgIpc) is 3.54. The van der Waals surface area contributed by atoms with Gasteiger partial charge < -0.3 is 14.0 Å². The summed E-state index contributed by atoms with van der Waals surface area (Å²) < 4.78 is 13.7. The third-order valence-electron chi connectivity index (χ3n) is 10.5. The average molecular weight is 529 g/mol. The van der Waals surface area contributed by atoms with Crippen molar-refractivity contribution in [2.45, 2.75) is 71.8 Å². The van der Waals surface area contributed by atoms with Crippen LogP contribution in [0.4, 0.5) is 0 Å². The van der Waals surface area contributed by atoms with Gasteiger partial charge in [0.15, 0.2) is 23.1 Å².